The Balaban J connectivity index is 1.30. The molecule has 0 spiro atoms. The minimum atomic E-state index is 0.677. The first kappa shape index (κ1) is 21.8. The third-order valence-electron chi connectivity index (χ3n) is 6.06. The van der Waals surface area contributed by atoms with Crippen LogP contribution in [0, 0.1) is 0 Å². The predicted molar refractivity (Wildman–Crippen MR) is 137 cm³/mol. The number of ether oxygens (including phenoxy) is 3. The molecular weight excluding hydrogens is 424 g/mol. The molecule has 0 fully saturated rings. The molecule has 5 heteroatoms. The summed E-state index contributed by atoms with van der Waals surface area (Å²) >= 11 is 0. The van der Waals surface area contributed by atoms with Crippen LogP contribution in [0.1, 0.15) is 12.8 Å². The van der Waals surface area contributed by atoms with E-state index >= 15 is 0 Å². The first-order chi connectivity index (χ1) is 16.8. The Bertz CT molecular complexity index is 1420. The minimum Gasteiger partial charge on any atom is -0.494 e. The molecule has 5 rings (SSSR count). The Morgan fingerprint density at radius 1 is 0.735 bits per heavy atom. The van der Waals surface area contributed by atoms with Gasteiger partial charge in [0.1, 0.15) is 11.6 Å². The highest BCUT2D eigenvalue weighted by molar-refractivity contribution is 5.83. The number of rotatable bonds is 9. The van der Waals surface area contributed by atoms with E-state index in [1.165, 1.54) is 10.8 Å². The van der Waals surface area contributed by atoms with Crippen molar-refractivity contribution in [2.45, 2.75) is 19.4 Å². The molecule has 0 atom stereocenters. The van der Waals surface area contributed by atoms with Crippen molar-refractivity contribution in [3.8, 4) is 28.6 Å². The summed E-state index contributed by atoms with van der Waals surface area (Å²) in [4.78, 5) is 4.92. The molecule has 4 aromatic carbocycles. The van der Waals surface area contributed by atoms with Gasteiger partial charge in [-0.15, -0.1) is 0 Å². The first-order valence-corrected chi connectivity index (χ1v) is 11.6. The zero-order valence-corrected chi connectivity index (χ0v) is 19.5. The van der Waals surface area contributed by atoms with Crippen LogP contribution in [-0.2, 0) is 6.54 Å². The zero-order valence-electron chi connectivity index (χ0n) is 19.5. The first-order valence-electron chi connectivity index (χ1n) is 11.6. The van der Waals surface area contributed by atoms with Crippen LogP contribution in [0.2, 0.25) is 0 Å². The van der Waals surface area contributed by atoms with Gasteiger partial charge < -0.3 is 18.8 Å². The Morgan fingerprint density at radius 2 is 1.53 bits per heavy atom. The molecule has 0 radical (unpaired) electrons. The molecule has 0 aliphatic carbocycles. The molecule has 0 amide bonds. The van der Waals surface area contributed by atoms with Gasteiger partial charge in [0, 0.05) is 12.1 Å². The lowest BCUT2D eigenvalue weighted by Crippen LogP contribution is -2.04. The number of unbranched alkanes of at least 4 members (excludes halogenated alkanes) is 1. The topological polar surface area (TPSA) is 45.5 Å². The van der Waals surface area contributed by atoms with Crippen LogP contribution >= 0.6 is 0 Å². The van der Waals surface area contributed by atoms with E-state index in [1.54, 1.807) is 14.2 Å². The number of fused-ring (bicyclic) bond motifs is 2. The molecule has 1 heterocycles. The van der Waals surface area contributed by atoms with Crippen molar-refractivity contribution in [3.05, 3.63) is 84.9 Å². The highest BCUT2D eigenvalue weighted by Gasteiger charge is 2.14. The van der Waals surface area contributed by atoms with Gasteiger partial charge in [0.15, 0.2) is 11.5 Å². The van der Waals surface area contributed by atoms with E-state index in [9.17, 15) is 0 Å². The lowest BCUT2D eigenvalue weighted by molar-refractivity contribution is 0.304. The molecule has 34 heavy (non-hydrogen) atoms. The number of para-hydroxylation sites is 2. The van der Waals surface area contributed by atoms with Crippen LogP contribution in [-0.4, -0.2) is 30.4 Å². The normalized spacial score (nSPS) is 11.1. The van der Waals surface area contributed by atoms with Crippen LogP contribution in [0.4, 0.5) is 0 Å². The fourth-order valence-corrected chi connectivity index (χ4v) is 4.32. The quantitative estimate of drug-likeness (QED) is 0.233. The molecule has 5 aromatic rings. The lowest BCUT2D eigenvalue weighted by atomic mass is 10.1. The summed E-state index contributed by atoms with van der Waals surface area (Å²) in [5.74, 6) is 3.25. The molecule has 0 saturated heterocycles. The third-order valence-corrected chi connectivity index (χ3v) is 6.06. The van der Waals surface area contributed by atoms with Gasteiger partial charge in [0.25, 0.3) is 0 Å². The second-order valence-electron chi connectivity index (χ2n) is 8.21. The van der Waals surface area contributed by atoms with Gasteiger partial charge >= 0.3 is 0 Å². The number of aromatic nitrogens is 2. The number of benzene rings is 4. The van der Waals surface area contributed by atoms with Crippen LogP contribution in [0.5, 0.6) is 17.2 Å². The van der Waals surface area contributed by atoms with E-state index in [1.807, 2.05) is 30.3 Å². The molecule has 0 aliphatic rings. The van der Waals surface area contributed by atoms with Gasteiger partial charge in [0.05, 0.1) is 31.9 Å². The summed E-state index contributed by atoms with van der Waals surface area (Å²) in [7, 11) is 3.30. The summed E-state index contributed by atoms with van der Waals surface area (Å²) in [5.41, 5.74) is 3.11. The summed E-state index contributed by atoms with van der Waals surface area (Å²) in [6.07, 6.45) is 1.93. The Labute approximate surface area is 199 Å². The second kappa shape index (κ2) is 9.87. The van der Waals surface area contributed by atoms with Crippen molar-refractivity contribution in [2.24, 2.45) is 0 Å². The van der Waals surface area contributed by atoms with Crippen molar-refractivity contribution in [3.63, 3.8) is 0 Å². The number of aryl methyl sites for hydroxylation is 1. The fraction of sp³-hybridized carbons (Fsp3) is 0.207. The number of imidazole rings is 1. The van der Waals surface area contributed by atoms with Gasteiger partial charge in [-0.2, -0.15) is 0 Å². The average molecular weight is 453 g/mol. The molecule has 0 aliphatic heterocycles. The second-order valence-corrected chi connectivity index (χ2v) is 8.21. The number of hydrogen-bond donors (Lipinski definition) is 0. The highest BCUT2D eigenvalue weighted by Crippen LogP contribution is 2.33. The highest BCUT2D eigenvalue weighted by atomic mass is 16.5. The van der Waals surface area contributed by atoms with Gasteiger partial charge in [-0.1, -0.05) is 42.5 Å². The summed E-state index contributed by atoms with van der Waals surface area (Å²) in [6, 6.07) is 28.8. The maximum Gasteiger partial charge on any atom is 0.161 e. The van der Waals surface area contributed by atoms with Crippen LogP contribution in [0.3, 0.4) is 0 Å². The summed E-state index contributed by atoms with van der Waals surface area (Å²) < 4.78 is 19.2. The van der Waals surface area contributed by atoms with E-state index in [0.717, 1.165) is 47.6 Å². The molecule has 0 bridgehead atoms. The molecule has 1 aromatic heterocycles. The lowest BCUT2D eigenvalue weighted by Gasteiger charge is -2.12. The third kappa shape index (κ3) is 4.42. The maximum atomic E-state index is 6.04. The van der Waals surface area contributed by atoms with Crippen LogP contribution in [0.15, 0.2) is 84.9 Å². The van der Waals surface area contributed by atoms with Crippen molar-refractivity contribution < 1.29 is 14.2 Å². The van der Waals surface area contributed by atoms with Crippen LogP contribution in [0.25, 0.3) is 33.2 Å². The summed E-state index contributed by atoms with van der Waals surface area (Å²) in [6.45, 7) is 1.53. The average Bonchev–Trinajstić information content (AvgIpc) is 3.26. The van der Waals surface area contributed by atoms with E-state index < -0.39 is 0 Å². The largest absolute Gasteiger partial charge is 0.494 e. The maximum absolute atomic E-state index is 6.04. The van der Waals surface area contributed by atoms with Crippen LogP contribution < -0.4 is 14.2 Å². The van der Waals surface area contributed by atoms with E-state index in [4.69, 9.17) is 19.2 Å². The SMILES string of the molecule is COc1ccc(-c2nc3ccccc3n2CCCCOc2ccc3ccccc3c2)cc1OC. The van der Waals surface area contributed by atoms with E-state index in [0.29, 0.717) is 18.1 Å². The van der Waals surface area contributed by atoms with Crippen molar-refractivity contribution in [1.82, 2.24) is 9.55 Å². The summed E-state index contributed by atoms with van der Waals surface area (Å²) in [5, 5.41) is 2.42. The predicted octanol–water partition coefficient (Wildman–Crippen LogP) is 6.73. The van der Waals surface area contributed by atoms with Gasteiger partial charge in [-0.25, -0.2) is 4.98 Å². The molecule has 0 unspecified atom stereocenters. The standard InChI is InChI=1S/C29H28N2O3/c1-32-27-16-14-23(20-28(27)33-2)29-30-25-11-5-6-12-26(25)31(29)17-7-8-18-34-24-15-13-21-9-3-4-10-22(21)19-24/h3-6,9-16,19-20H,7-8,17-18H2,1-2H3. The molecule has 172 valence electrons. The molecule has 0 saturated carbocycles. The zero-order chi connectivity index (χ0) is 23.3. The fourth-order valence-electron chi connectivity index (χ4n) is 4.32. The molecular formula is C29H28N2O3. The van der Waals surface area contributed by atoms with Gasteiger partial charge in [0.2, 0.25) is 0 Å². The number of methoxy groups -OCH3 is 2. The van der Waals surface area contributed by atoms with Crippen molar-refractivity contribution >= 4 is 21.8 Å². The molecule has 5 nitrogen and oxygen atoms in total. The Kier molecular flexibility index (Phi) is 6.34. The minimum absolute atomic E-state index is 0.677. The smallest absolute Gasteiger partial charge is 0.161 e. The van der Waals surface area contributed by atoms with Gasteiger partial charge in [-0.05, 0) is 66.1 Å². The van der Waals surface area contributed by atoms with Crippen molar-refractivity contribution in [1.29, 1.82) is 0 Å². The Morgan fingerprint density at radius 3 is 2.38 bits per heavy atom. The number of nitrogens with zero attached hydrogens (tertiary/aromatic N) is 2. The monoisotopic (exact) mass is 452 g/mol. The Hall–Kier alpha value is -3.99. The molecule has 0 N–H and O–H groups in total. The van der Waals surface area contributed by atoms with E-state index in [2.05, 4.69) is 59.2 Å². The van der Waals surface area contributed by atoms with E-state index in [-0.39, 0.29) is 0 Å². The van der Waals surface area contributed by atoms with Gasteiger partial charge in [-0.3, -0.25) is 0 Å². The van der Waals surface area contributed by atoms with Crippen molar-refractivity contribution in [2.75, 3.05) is 20.8 Å². The number of hydrogen-bond acceptors (Lipinski definition) is 4.